The Balaban J connectivity index is 2.17. The van der Waals surface area contributed by atoms with E-state index >= 15 is 0 Å². The van der Waals surface area contributed by atoms with Crippen molar-refractivity contribution in [1.29, 1.82) is 0 Å². The standard InChI is InChI=1S/C20H27NO/c1-15(2)10-11-20(13-16(3)4)19(22)18(14-21-20)12-17-8-6-5-7-9-17/h5-10,14,16,21H,11-13H2,1-4H3/t20-/m1/s1. The van der Waals surface area contributed by atoms with Gasteiger partial charge in [0, 0.05) is 18.2 Å². The second kappa shape index (κ2) is 6.95. The van der Waals surface area contributed by atoms with Crippen LogP contribution in [-0.2, 0) is 11.2 Å². The smallest absolute Gasteiger partial charge is 0.186 e. The Bertz CT molecular complexity index is 579. The Morgan fingerprint density at radius 2 is 1.91 bits per heavy atom. The summed E-state index contributed by atoms with van der Waals surface area (Å²) in [5.74, 6) is 0.744. The molecule has 0 aromatic heterocycles. The van der Waals surface area contributed by atoms with Crippen LogP contribution in [0.1, 0.15) is 46.1 Å². The van der Waals surface area contributed by atoms with Crippen molar-refractivity contribution in [2.45, 2.75) is 52.5 Å². The molecule has 1 aromatic rings. The molecular weight excluding hydrogens is 270 g/mol. The van der Waals surface area contributed by atoms with E-state index in [2.05, 4.69) is 51.2 Å². The van der Waals surface area contributed by atoms with Gasteiger partial charge in [0.15, 0.2) is 5.78 Å². The van der Waals surface area contributed by atoms with Gasteiger partial charge in [0.25, 0.3) is 0 Å². The van der Waals surface area contributed by atoms with Gasteiger partial charge in [-0.2, -0.15) is 0 Å². The molecule has 0 amide bonds. The zero-order valence-corrected chi connectivity index (χ0v) is 14.1. The molecule has 0 bridgehead atoms. The maximum absolute atomic E-state index is 13.0. The molecule has 2 rings (SSSR count). The SMILES string of the molecule is CC(C)=CC[C@]1(CC(C)C)NC=C(Cc2ccccc2)C1=O. The van der Waals surface area contributed by atoms with E-state index in [0.717, 1.165) is 18.4 Å². The summed E-state index contributed by atoms with van der Waals surface area (Å²) in [6.45, 7) is 8.52. The van der Waals surface area contributed by atoms with Crippen molar-refractivity contribution in [3.05, 3.63) is 59.3 Å². The van der Waals surface area contributed by atoms with E-state index in [4.69, 9.17) is 0 Å². The fourth-order valence-corrected chi connectivity index (χ4v) is 3.07. The van der Waals surface area contributed by atoms with Crippen LogP contribution in [0.3, 0.4) is 0 Å². The Morgan fingerprint density at radius 3 is 2.50 bits per heavy atom. The van der Waals surface area contributed by atoms with Crippen LogP contribution in [0.25, 0.3) is 0 Å². The first-order valence-electron chi connectivity index (χ1n) is 8.12. The van der Waals surface area contributed by atoms with E-state index in [9.17, 15) is 4.79 Å². The van der Waals surface area contributed by atoms with Gasteiger partial charge < -0.3 is 5.32 Å². The summed E-state index contributed by atoms with van der Waals surface area (Å²) in [7, 11) is 0. The second-order valence-corrected chi connectivity index (χ2v) is 6.97. The Labute approximate surface area is 134 Å². The first kappa shape index (κ1) is 16.5. The quantitative estimate of drug-likeness (QED) is 0.787. The van der Waals surface area contributed by atoms with Crippen LogP contribution in [-0.4, -0.2) is 11.3 Å². The Morgan fingerprint density at radius 1 is 1.23 bits per heavy atom. The number of rotatable bonds is 6. The lowest BCUT2D eigenvalue weighted by Gasteiger charge is -2.30. The van der Waals surface area contributed by atoms with Crippen molar-refractivity contribution < 1.29 is 4.79 Å². The average Bonchev–Trinajstić information content (AvgIpc) is 2.75. The number of hydrogen-bond acceptors (Lipinski definition) is 2. The van der Waals surface area contributed by atoms with E-state index in [1.807, 2.05) is 24.4 Å². The highest BCUT2D eigenvalue weighted by Crippen LogP contribution is 2.31. The molecule has 0 fully saturated rings. The van der Waals surface area contributed by atoms with Gasteiger partial charge in [-0.1, -0.05) is 55.8 Å². The van der Waals surface area contributed by atoms with Gasteiger partial charge in [-0.15, -0.1) is 0 Å². The van der Waals surface area contributed by atoms with Crippen molar-refractivity contribution in [3.63, 3.8) is 0 Å². The predicted octanol–water partition coefficient (Wildman–Crippen LogP) is 4.43. The second-order valence-electron chi connectivity index (χ2n) is 6.97. The maximum atomic E-state index is 13.0. The third kappa shape index (κ3) is 3.88. The molecule has 2 heteroatoms. The van der Waals surface area contributed by atoms with E-state index in [0.29, 0.717) is 12.3 Å². The average molecular weight is 297 g/mol. The molecule has 2 nitrogen and oxygen atoms in total. The zero-order valence-electron chi connectivity index (χ0n) is 14.1. The van der Waals surface area contributed by atoms with Crippen molar-refractivity contribution in [3.8, 4) is 0 Å². The van der Waals surface area contributed by atoms with Crippen LogP contribution < -0.4 is 5.32 Å². The molecule has 0 unspecified atom stereocenters. The van der Waals surface area contributed by atoms with Crippen LogP contribution in [0.5, 0.6) is 0 Å². The number of Topliss-reactive ketones (excluding diaryl/α,β-unsaturated/α-hetero) is 1. The number of hydrogen-bond donors (Lipinski definition) is 1. The number of nitrogens with one attached hydrogen (secondary N) is 1. The van der Waals surface area contributed by atoms with Crippen molar-refractivity contribution >= 4 is 5.78 Å². The lowest BCUT2D eigenvalue weighted by atomic mass is 9.80. The molecule has 1 N–H and O–H groups in total. The number of ketones is 1. The molecule has 22 heavy (non-hydrogen) atoms. The molecule has 0 aliphatic carbocycles. The summed E-state index contributed by atoms with van der Waals surface area (Å²) in [4.78, 5) is 13.0. The van der Waals surface area contributed by atoms with E-state index in [1.165, 1.54) is 11.1 Å². The van der Waals surface area contributed by atoms with Gasteiger partial charge >= 0.3 is 0 Å². The Hall–Kier alpha value is -1.83. The molecule has 118 valence electrons. The minimum atomic E-state index is -0.449. The first-order chi connectivity index (χ1) is 10.4. The number of benzene rings is 1. The van der Waals surface area contributed by atoms with E-state index in [1.54, 1.807) is 0 Å². The van der Waals surface area contributed by atoms with Crippen molar-refractivity contribution in [2.75, 3.05) is 0 Å². The highest BCUT2D eigenvalue weighted by atomic mass is 16.1. The molecule has 0 radical (unpaired) electrons. The summed E-state index contributed by atoms with van der Waals surface area (Å²) in [6.07, 6.45) is 6.45. The van der Waals surface area contributed by atoms with Crippen molar-refractivity contribution in [1.82, 2.24) is 5.32 Å². The van der Waals surface area contributed by atoms with Crippen LogP contribution >= 0.6 is 0 Å². The highest BCUT2D eigenvalue weighted by Gasteiger charge is 2.42. The molecule has 1 heterocycles. The lowest BCUT2D eigenvalue weighted by molar-refractivity contribution is -0.120. The van der Waals surface area contributed by atoms with Crippen LogP contribution in [0.15, 0.2) is 53.8 Å². The maximum Gasteiger partial charge on any atom is 0.186 e. The molecule has 0 saturated carbocycles. The van der Waals surface area contributed by atoms with Crippen LogP contribution in [0.4, 0.5) is 0 Å². The third-order valence-corrected chi connectivity index (χ3v) is 4.10. The van der Waals surface area contributed by atoms with E-state index < -0.39 is 5.54 Å². The molecule has 1 aliphatic heterocycles. The van der Waals surface area contributed by atoms with Gasteiger partial charge in [-0.25, -0.2) is 0 Å². The van der Waals surface area contributed by atoms with Gasteiger partial charge in [-0.05, 0) is 38.2 Å². The zero-order chi connectivity index (χ0) is 16.2. The van der Waals surface area contributed by atoms with Gasteiger partial charge in [0.05, 0.1) is 0 Å². The summed E-state index contributed by atoms with van der Waals surface area (Å²) >= 11 is 0. The first-order valence-corrected chi connectivity index (χ1v) is 8.12. The molecule has 1 aliphatic rings. The summed E-state index contributed by atoms with van der Waals surface area (Å²) < 4.78 is 0. The third-order valence-electron chi connectivity index (χ3n) is 4.10. The lowest BCUT2D eigenvalue weighted by Crippen LogP contribution is -2.46. The highest BCUT2D eigenvalue weighted by molar-refractivity contribution is 6.05. The number of allylic oxidation sites excluding steroid dienone is 1. The minimum Gasteiger partial charge on any atom is -0.378 e. The van der Waals surface area contributed by atoms with Crippen molar-refractivity contribution in [2.24, 2.45) is 5.92 Å². The van der Waals surface area contributed by atoms with E-state index in [-0.39, 0.29) is 5.78 Å². The largest absolute Gasteiger partial charge is 0.378 e. The molecular formula is C20H27NO. The number of carbonyl (C=O) groups is 1. The summed E-state index contributed by atoms with van der Waals surface area (Å²) in [5, 5.41) is 3.42. The molecule has 1 atom stereocenters. The fourth-order valence-electron chi connectivity index (χ4n) is 3.07. The summed E-state index contributed by atoms with van der Waals surface area (Å²) in [5.41, 5.74) is 2.89. The molecule has 0 spiro atoms. The summed E-state index contributed by atoms with van der Waals surface area (Å²) in [6, 6.07) is 10.2. The Kier molecular flexibility index (Phi) is 5.23. The van der Waals surface area contributed by atoms with Crippen LogP contribution in [0.2, 0.25) is 0 Å². The molecule has 0 saturated heterocycles. The molecule has 1 aromatic carbocycles. The monoisotopic (exact) mass is 297 g/mol. The van der Waals surface area contributed by atoms with Crippen LogP contribution in [0, 0.1) is 5.92 Å². The van der Waals surface area contributed by atoms with Gasteiger partial charge in [0.1, 0.15) is 5.54 Å². The fraction of sp³-hybridized carbons (Fsp3) is 0.450. The minimum absolute atomic E-state index is 0.266. The van der Waals surface area contributed by atoms with Gasteiger partial charge in [-0.3, -0.25) is 4.79 Å². The van der Waals surface area contributed by atoms with Gasteiger partial charge in [0.2, 0.25) is 0 Å². The normalized spacial score (nSPS) is 20.8. The number of carbonyl (C=O) groups excluding carboxylic acids is 1. The predicted molar refractivity (Wildman–Crippen MR) is 92.6 cm³/mol. The topological polar surface area (TPSA) is 29.1 Å².